The van der Waals surface area contributed by atoms with Gasteiger partial charge in [0.2, 0.25) is 0 Å². The second-order valence-electron chi connectivity index (χ2n) is 7.33. The van der Waals surface area contributed by atoms with Crippen molar-refractivity contribution < 1.29 is 19.4 Å². The van der Waals surface area contributed by atoms with Gasteiger partial charge in [0.15, 0.2) is 6.10 Å². The van der Waals surface area contributed by atoms with Gasteiger partial charge in [-0.1, -0.05) is 60.7 Å². The summed E-state index contributed by atoms with van der Waals surface area (Å²) in [6.07, 6.45) is 3.07. The highest BCUT2D eigenvalue weighted by molar-refractivity contribution is 5.80. The molecule has 3 aromatic carbocycles. The number of aliphatic carboxylic acids is 1. The Balaban J connectivity index is 1.39. The van der Waals surface area contributed by atoms with Crippen molar-refractivity contribution in [2.24, 2.45) is 0 Å². The highest BCUT2D eigenvalue weighted by atomic mass is 16.5. The maximum absolute atomic E-state index is 11.1. The monoisotopic (exact) mass is 425 g/mol. The van der Waals surface area contributed by atoms with Crippen molar-refractivity contribution >= 4 is 29.0 Å². The summed E-state index contributed by atoms with van der Waals surface area (Å²) in [7, 11) is 0. The van der Waals surface area contributed by atoms with Crippen molar-refractivity contribution in [2.75, 3.05) is 0 Å². The molecule has 1 heterocycles. The summed E-state index contributed by atoms with van der Waals surface area (Å²) in [4.78, 5) is 15.7. The fourth-order valence-electron chi connectivity index (χ4n) is 3.17. The lowest BCUT2D eigenvalue weighted by Crippen LogP contribution is -2.23. The van der Waals surface area contributed by atoms with Crippen LogP contribution in [0.15, 0.2) is 84.9 Å². The number of carbonyl (C=O) groups is 1. The summed E-state index contributed by atoms with van der Waals surface area (Å²) in [5, 5.41) is 10.2. The van der Waals surface area contributed by atoms with E-state index in [1.807, 2.05) is 78.9 Å². The van der Waals surface area contributed by atoms with E-state index in [0.717, 1.165) is 27.7 Å². The number of hydrogen-bond acceptors (Lipinski definition) is 4. The van der Waals surface area contributed by atoms with E-state index in [0.29, 0.717) is 11.5 Å². The first-order valence-corrected chi connectivity index (χ1v) is 10.3. The van der Waals surface area contributed by atoms with Crippen molar-refractivity contribution in [3.8, 4) is 11.5 Å². The largest absolute Gasteiger partial charge is 0.489 e. The molecule has 0 radical (unpaired) electrons. The van der Waals surface area contributed by atoms with Crippen LogP contribution in [-0.4, -0.2) is 22.2 Å². The van der Waals surface area contributed by atoms with E-state index >= 15 is 0 Å². The van der Waals surface area contributed by atoms with Crippen molar-refractivity contribution in [1.82, 2.24) is 4.98 Å². The number of benzene rings is 3. The van der Waals surface area contributed by atoms with Crippen LogP contribution >= 0.6 is 0 Å². The van der Waals surface area contributed by atoms with E-state index in [1.54, 1.807) is 12.1 Å². The molecule has 5 nitrogen and oxygen atoms in total. The number of hydrogen-bond donors (Lipinski definition) is 1. The van der Waals surface area contributed by atoms with E-state index < -0.39 is 12.1 Å². The Kier molecular flexibility index (Phi) is 6.46. The number of fused-ring (bicyclic) bond motifs is 1. The summed E-state index contributed by atoms with van der Waals surface area (Å²) in [5.41, 5.74) is 3.69. The lowest BCUT2D eigenvalue weighted by Gasteiger charge is -2.15. The van der Waals surface area contributed by atoms with Gasteiger partial charge in [0.25, 0.3) is 0 Å². The van der Waals surface area contributed by atoms with Crippen LogP contribution in [0, 0.1) is 0 Å². The third-order valence-corrected chi connectivity index (χ3v) is 4.97. The number of para-hydroxylation sites is 2. The Morgan fingerprint density at radius 1 is 0.938 bits per heavy atom. The summed E-state index contributed by atoms with van der Waals surface area (Å²) >= 11 is 0. The molecule has 1 atom stereocenters. The van der Waals surface area contributed by atoms with E-state index in [2.05, 4.69) is 11.1 Å². The normalized spacial score (nSPS) is 12.0. The predicted molar refractivity (Wildman–Crippen MR) is 126 cm³/mol. The first-order valence-electron chi connectivity index (χ1n) is 10.3. The fraction of sp³-hybridized carbons (Fsp3) is 0.111. The quantitative estimate of drug-likeness (QED) is 0.384. The molecule has 1 unspecified atom stereocenters. The number of carboxylic acids is 1. The molecule has 0 spiro atoms. The smallest absolute Gasteiger partial charge is 0.344 e. The SMILES string of the molecule is CC(Oc1ccccc1COc1ccc(C=Cc2ccc3ccccc3n2)cc1)C(=O)O. The molecular weight excluding hydrogens is 402 g/mol. The molecule has 32 heavy (non-hydrogen) atoms. The first kappa shape index (κ1) is 21.1. The van der Waals surface area contributed by atoms with Gasteiger partial charge in [-0.2, -0.15) is 0 Å². The van der Waals surface area contributed by atoms with Crippen LogP contribution in [-0.2, 0) is 11.4 Å². The molecule has 4 aromatic rings. The van der Waals surface area contributed by atoms with Gasteiger partial charge in [-0.25, -0.2) is 9.78 Å². The highest BCUT2D eigenvalue weighted by Gasteiger charge is 2.14. The van der Waals surface area contributed by atoms with Crippen molar-refractivity contribution in [2.45, 2.75) is 19.6 Å². The van der Waals surface area contributed by atoms with E-state index in [1.165, 1.54) is 6.92 Å². The van der Waals surface area contributed by atoms with E-state index in [-0.39, 0.29) is 6.61 Å². The van der Waals surface area contributed by atoms with E-state index in [9.17, 15) is 4.79 Å². The zero-order valence-corrected chi connectivity index (χ0v) is 17.6. The molecule has 160 valence electrons. The van der Waals surface area contributed by atoms with Gasteiger partial charge >= 0.3 is 5.97 Å². The van der Waals surface area contributed by atoms with Crippen LogP contribution in [0.4, 0.5) is 0 Å². The summed E-state index contributed by atoms with van der Waals surface area (Å²) < 4.78 is 11.4. The first-order chi connectivity index (χ1) is 15.6. The van der Waals surface area contributed by atoms with Crippen LogP contribution in [0.2, 0.25) is 0 Å². The van der Waals surface area contributed by atoms with Gasteiger partial charge in [-0.3, -0.25) is 0 Å². The molecule has 1 N–H and O–H groups in total. The molecule has 0 aliphatic heterocycles. The molecule has 5 heteroatoms. The third kappa shape index (κ3) is 5.32. The molecule has 0 saturated heterocycles. The van der Waals surface area contributed by atoms with Crippen LogP contribution in [0.3, 0.4) is 0 Å². The molecule has 0 bridgehead atoms. The molecular formula is C27H23NO4. The van der Waals surface area contributed by atoms with Crippen LogP contribution < -0.4 is 9.47 Å². The summed E-state index contributed by atoms with van der Waals surface area (Å²) in [5.74, 6) is 0.208. The van der Waals surface area contributed by atoms with Crippen LogP contribution in [0.5, 0.6) is 11.5 Å². The zero-order valence-electron chi connectivity index (χ0n) is 17.6. The predicted octanol–water partition coefficient (Wildman–Crippen LogP) is 5.84. The molecule has 1 aromatic heterocycles. The number of nitrogens with zero attached hydrogens (tertiary/aromatic N) is 1. The number of aromatic nitrogens is 1. The summed E-state index contributed by atoms with van der Waals surface area (Å²) in [6.45, 7) is 1.78. The number of pyridine rings is 1. The molecule has 4 rings (SSSR count). The Morgan fingerprint density at radius 3 is 2.50 bits per heavy atom. The second kappa shape index (κ2) is 9.79. The minimum atomic E-state index is -1.01. The standard InChI is InChI=1S/C27H23NO4/c1-19(27(29)30)32-26-9-5-3-7-22(26)18-31-24-16-11-20(12-17-24)10-14-23-15-13-21-6-2-4-8-25(21)28-23/h2-17,19H,18H2,1H3,(H,29,30). The van der Waals surface area contributed by atoms with Crippen LogP contribution in [0.25, 0.3) is 23.1 Å². The molecule has 0 aliphatic rings. The lowest BCUT2D eigenvalue weighted by molar-refractivity contribution is -0.144. The van der Waals surface area contributed by atoms with Crippen LogP contribution in [0.1, 0.15) is 23.7 Å². The minimum absolute atomic E-state index is 0.276. The van der Waals surface area contributed by atoms with Gasteiger partial charge in [-0.05, 0) is 48.9 Å². The van der Waals surface area contributed by atoms with Crippen molar-refractivity contribution in [3.63, 3.8) is 0 Å². The van der Waals surface area contributed by atoms with Gasteiger partial charge in [0.05, 0.1) is 11.2 Å². The lowest BCUT2D eigenvalue weighted by atomic mass is 10.1. The third-order valence-electron chi connectivity index (χ3n) is 4.97. The second-order valence-corrected chi connectivity index (χ2v) is 7.33. The topological polar surface area (TPSA) is 68.7 Å². The van der Waals surface area contributed by atoms with Gasteiger partial charge in [0, 0.05) is 10.9 Å². The Bertz CT molecular complexity index is 1250. The molecule has 0 fully saturated rings. The Labute approximate surface area is 186 Å². The highest BCUT2D eigenvalue weighted by Crippen LogP contribution is 2.22. The number of rotatable bonds is 8. The van der Waals surface area contributed by atoms with Crippen molar-refractivity contribution in [1.29, 1.82) is 0 Å². The molecule has 0 amide bonds. The average molecular weight is 425 g/mol. The maximum atomic E-state index is 11.1. The Morgan fingerprint density at radius 2 is 1.69 bits per heavy atom. The maximum Gasteiger partial charge on any atom is 0.344 e. The number of carboxylic acid groups (broad SMARTS) is 1. The van der Waals surface area contributed by atoms with Gasteiger partial charge < -0.3 is 14.6 Å². The molecule has 0 aliphatic carbocycles. The van der Waals surface area contributed by atoms with E-state index in [4.69, 9.17) is 14.6 Å². The van der Waals surface area contributed by atoms with Crippen molar-refractivity contribution in [3.05, 3.63) is 102 Å². The minimum Gasteiger partial charge on any atom is -0.489 e. The number of ether oxygens (including phenoxy) is 2. The fourth-order valence-corrected chi connectivity index (χ4v) is 3.17. The average Bonchev–Trinajstić information content (AvgIpc) is 2.82. The molecule has 0 saturated carbocycles. The van der Waals surface area contributed by atoms with Gasteiger partial charge in [-0.15, -0.1) is 0 Å². The zero-order chi connectivity index (χ0) is 22.3. The summed E-state index contributed by atoms with van der Waals surface area (Å²) in [6, 6.07) is 27.1. The Hall–Kier alpha value is -4.12. The van der Waals surface area contributed by atoms with Gasteiger partial charge in [0.1, 0.15) is 18.1 Å².